The summed E-state index contributed by atoms with van der Waals surface area (Å²) in [6.45, 7) is 0.0778. The van der Waals surface area contributed by atoms with Crippen molar-refractivity contribution in [2.45, 2.75) is 6.42 Å². The standard InChI is InChI=1S/C13H14N4O2/c1-17-7-11(14-12(17)4-5-18)8-2-3-9-10(6-8)16-13(19)15-9/h2-3,6-7,18H,4-5H2,1H3,(H2,15,16,19). The second-order valence-corrected chi connectivity index (χ2v) is 4.47. The molecule has 19 heavy (non-hydrogen) atoms. The Morgan fingerprint density at radius 1 is 1.32 bits per heavy atom. The molecule has 0 saturated heterocycles. The van der Waals surface area contributed by atoms with Gasteiger partial charge >= 0.3 is 5.69 Å². The van der Waals surface area contributed by atoms with Crippen LogP contribution in [0.5, 0.6) is 0 Å². The van der Waals surface area contributed by atoms with Gasteiger partial charge in [-0.1, -0.05) is 6.07 Å². The molecule has 3 rings (SSSR count). The van der Waals surface area contributed by atoms with Crippen LogP contribution in [-0.4, -0.2) is 31.2 Å². The summed E-state index contributed by atoms with van der Waals surface area (Å²) < 4.78 is 1.90. The van der Waals surface area contributed by atoms with Crippen molar-refractivity contribution in [3.63, 3.8) is 0 Å². The Hall–Kier alpha value is -2.34. The third-order valence-corrected chi connectivity index (χ3v) is 3.12. The second-order valence-electron chi connectivity index (χ2n) is 4.47. The van der Waals surface area contributed by atoms with E-state index in [0.717, 1.165) is 28.1 Å². The van der Waals surface area contributed by atoms with Crippen molar-refractivity contribution < 1.29 is 5.11 Å². The van der Waals surface area contributed by atoms with Gasteiger partial charge in [-0.2, -0.15) is 0 Å². The van der Waals surface area contributed by atoms with E-state index in [1.54, 1.807) is 0 Å². The SMILES string of the molecule is Cn1cc(-c2ccc3[nH]c(=O)[nH]c3c2)nc1CCO. The van der Waals surface area contributed by atoms with Crippen LogP contribution < -0.4 is 5.69 Å². The molecule has 0 aliphatic carbocycles. The fraction of sp³-hybridized carbons (Fsp3) is 0.231. The second kappa shape index (κ2) is 4.40. The number of fused-ring (bicyclic) bond motifs is 1. The summed E-state index contributed by atoms with van der Waals surface area (Å²) in [7, 11) is 1.90. The molecule has 0 spiro atoms. The molecular formula is C13H14N4O2. The third-order valence-electron chi connectivity index (χ3n) is 3.12. The van der Waals surface area contributed by atoms with Gasteiger partial charge in [0.05, 0.1) is 23.3 Å². The summed E-state index contributed by atoms with van der Waals surface area (Å²) in [5.41, 5.74) is 3.09. The van der Waals surface area contributed by atoms with Gasteiger partial charge in [0.25, 0.3) is 0 Å². The molecule has 0 radical (unpaired) electrons. The molecule has 0 aliphatic heterocycles. The number of imidazole rings is 2. The van der Waals surface area contributed by atoms with Gasteiger partial charge in [0, 0.05) is 25.2 Å². The number of aromatic amines is 2. The minimum Gasteiger partial charge on any atom is -0.396 e. The third kappa shape index (κ3) is 2.06. The molecule has 0 atom stereocenters. The maximum atomic E-state index is 11.2. The lowest BCUT2D eigenvalue weighted by molar-refractivity contribution is 0.295. The fourth-order valence-corrected chi connectivity index (χ4v) is 2.17. The number of benzene rings is 1. The Balaban J connectivity index is 2.07. The van der Waals surface area contributed by atoms with Gasteiger partial charge in [0.1, 0.15) is 5.82 Å². The van der Waals surface area contributed by atoms with Crippen LogP contribution in [0.15, 0.2) is 29.2 Å². The average Bonchev–Trinajstić information content (AvgIpc) is 2.91. The predicted molar refractivity (Wildman–Crippen MR) is 71.9 cm³/mol. The van der Waals surface area contributed by atoms with Crippen molar-refractivity contribution in [3.8, 4) is 11.3 Å². The van der Waals surface area contributed by atoms with E-state index < -0.39 is 0 Å². The van der Waals surface area contributed by atoms with E-state index >= 15 is 0 Å². The molecule has 1 aromatic carbocycles. The molecular weight excluding hydrogens is 244 g/mol. The van der Waals surface area contributed by atoms with Crippen LogP contribution in [0.25, 0.3) is 22.3 Å². The highest BCUT2D eigenvalue weighted by Crippen LogP contribution is 2.21. The first-order valence-corrected chi connectivity index (χ1v) is 6.03. The Kier molecular flexibility index (Phi) is 2.72. The Morgan fingerprint density at radius 3 is 2.89 bits per heavy atom. The number of aliphatic hydroxyl groups is 1. The Morgan fingerprint density at radius 2 is 2.11 bits per heavy atom. The quantitative estimate of drug-likeness (QED) is 0.649. The highest BCUT2D eigenvalue weighted by Gasteiger charge is 2.08. The van der Waals surface area contributed by atoms with Crippen LogP contribution in [0.2, 0.25) is 0 Å². The summed E-state index contributed by atoms with van der Waals surface area (Å²) in [5.74, 6) is 0.833. The maximum Gasteiger partial charge on any atom is 0.323 e. The zero-order valence-corrected chi connectivity index (χ0v) is 10.5. The highest BCUT2D eigenvalue weighted by atomic mass is 16.3. The molecule has 0 amide bonds. The molecule has 3 N–H and O–H groups in total. The summed E-state index contributed by atoms with van der Waals surface area (Å²) in [4.78, 5) is 21.1. The number of aryl methyl sites for hydroxylation is 1. The van der Waals surface area contributed by atoms with Crippen molar-refractivity contribution in [1.29, 1.82) is 0 Å². The van der Waals surface area contributed by atoms with E-state index in [-0.39, 0.29) is 12.3 Å². The van der Waals surface area contributed by atoms with Crippen molar-refractivity contribution >= 4 is 11.0 Å². The lowest BCUT2D eigenvalue weighted by atomic mass is 10.1. The number of nitrogens with one attached hydrogen (secondary N) is 2. The van der Waals surface area contributed by atoms with Gasteiger partial charge in [0.2, 0.25) is 0 Å². The first-order chi connectivity index (χ1) is 9.17. The van der Waals surface area contributed by atoms with E-state index in [1.165, 1.54) is 0 Å². The maximum absolute atomic E-state index is 11.2. The van der Waals surface area contributed by atoms with Gasteiger partial charge in [-0.3, -0.25) is 0 Å². The molecule has 0 fully saturated rings. The van der Waals surface area contributed by atoms with E-state index in [4.69, 9.17) is 5.11 Å². The molecule has 0 unspecified atom stereocenters. The highest BCUT2D eigenvalue weighted by molar-refractivity contribution is 5.80. The predicted octanol–water partition coefficient (Wildman–Crippen LogP) is 0.791. The lowest BCUT2D eigenvalue weighted by Gasteiger charge is -1.96. The van der Waals surface area contributed by atoms with Crippen LogP contribution in [-0.2, 0) is 13.5 Å². The lowest BCUT2D eigenvalue weighted by Crippen LogP contribution is -1.99. The average molecular weight is 258 g/mol. The number of aromatic nitrogens is 4. The molecule has 2 aromatic heterocycles. The molecule has 98 valence electrons. The molecule has 0 bridgehead atoms. The van der Waals surface area contributed by atoms with E-state index in [0.29, 0.717) is 6.42 Å². The summed E-state index contributed by atoms with van der Waals surface area (Å²) in [6.07, 6.45) is 2.44. The first kappa shape index (κ1) is 11.7. The van der Waals surface area contributed by atoms with Gasteiger partial charge in [0.15, 0.2) is 0 Å². The fourth-order valence-electron chi connectivity index (χ4n) is 2.17. The van der Waals surface area contributed by atoms with Crippen molar-refractivity contribution in [2.24, 2.45) is 7.05 Å². The molecule has 3 aromatic rings. The van der Waals surface area contributed by atoms with Crippen LogP contribution in [0.3, 0.4) is 0 Å². The monoisotopic (exact) mass is 258 g/mol. The zero-order valence-electron chi connectivity index (χ0n) is 10.5. The topological polar surface area (TPSA) is 86.7 Å². The van der Waals surface area contributed by atoms with Crippen molar-refractivity contribution in [1.82, 2.24) is 19.5 Å². The molecule has 0 saturated carbocycles. The number of H-pyrrole nitrogens is 2. The van der Waals surface area contributed by atoms with Crippen molar-refractivity contribution in [2.75, 3.05) is 6.61 Å². The minimum absolute atomic E-state index is 0.0778. The number of rotatable bonds is 3. The number of hydrogen-bond acceptors (Lipinski definition) is 3. The van der Waals surface area contributed by atoms with E-state index in [2.05, 4.69) is 15.0 Å². The Bertz CT molecular complexity index is 781. The normalized spacial score (nSPS) is 11.3. The Labute approximate surface area is 108 Å². The number of aliphatic hydroxyl groups excluding tert-OH is 1. The minimum atomic E-state index is -0.214. The van der Waals surface area contributed by atoms with E-state index in [9.17, 15) is 4.79 Å². The molecule has 2 heterocycles. The van der Waals surface area contributed by atoms with Gasteiger partial charge < -0.3 is 19.6 Å². The largest absolute Gasteiger partial charge is 0.396 e. The van der Waals surface area contributed by atoms with Crippen LogP contribution >= 0.6 is 0 Å². The van der Waals surface area contributed by atoms with Gasteiger partial charge in [-0.25, -0.2) is 9.78 Å². The zero-order chi connectivity index (χ0) is 13.4. The summed E-state index contributed by atoms with van der Waals surface area (Å²) in [6, 6.07) is 5.65. The molecule has 6 heteroatoms. The smallest absolute Gasteiger partial charge is 0.323 e. The van der Waals surface area contributed by atoms with Crippen LogP contribution in [0.4, 0.5) is 0 Å². The van der Waals surface area contributed by atoms with Crippen LogP contribution in [0.1, 0.15) is 5.82 Å². The summed E-state index contributed by atoms with van der Waals surface area (Å²) >= 11 is 0. The number of nitrogens with zero attached hydrogens (tertiary/aromatic N) is 2. The van der Waals surface area contributed by atoms with Gasteiger partial charge in [-0.05, 0) is 12.1 Å². The van der Waals surface area contributed by atoms with Gasteiger partial charge in [-0.15, -0.1) is 0 Å². The first-order valence-electron chi connectivity index (χ1n) is 6.03. The van der Waals surface area contributed by atoms with Crippen LogP contribution in [0, 0.1) is 0 Å². The van der Waals surface area contributed by atoms with Crippen molar-refractivity contribution in [3.05, 3.63) is 40.7 Å². The summed E-state index contributed by atoms with van der Waals surface area (Å²) in [5, 5.41) is 8.97. The molecule has 6 nitrogen and oxygen atoms in total. The van der Waals surface area contributed by atoms with E-state index in [1.807, 2.05) is 36.0 Å². The molecule has 0 aliphatic rings. The number of hydrogen-bond donors (Lipinski definition) is 3.